The third kappa shape index (κ3) is 26.6. The van der Waals surface area contributed by atoms with Crippen molar-refractivity contribution in [3.63, 3.8) is 0 Å². The zero-order chi connectivity index (χ0) is 19.3. The van der Waals surface area contributed by atoms with Gasteiger partial charge in [-0.2, -0.15) is 11.8 Å². The largest absolute Gasteiger partial charge is 0.392 e. The minimum absolute atomic E-state index is 0. The molecular weight excluding hydrogens is 374 g/mol. The summed E-state index contributed by atoms with van der Waals surface area (Å²) in [6.45, 7) is 3.44. The monoisotopic (exact) mass is 423 g/mol. The van der Waals surface area contributed by atoms with Crippen LogP contribution in [0, 0.1) is 0 Å². The van der Waals surface area contributed by atoms with Crippen molar-refractivity contribution in [1.82, 2.24) is 4.90 Å². The molecule has 0 aromatic heterocycles. The molecule has 0 spiro atoms. The first-order chi connectivity index (χ1) is 12.7. The van der Waals surface area contributed by atoms with Gasteiger partial charge >= 0.3 is 0 Å². The Balaban J connectivity index is 0. The Labute approximate surface area is 182 Å². The first-order valence-electron chi connectivity index (χ1n) is 11.6. The van der Waals surface area contributed by atoms with Crippen LogP contribution in [0.15, 0.2) is 0 Å². The van der Waals surface area contributed by atoms with Crippen LogP contribution in [-0.2, 0) is 0 Å². The van der Waals surface area contributed by atoms with Crippen molar-refractivity contribution in [1.29, 1.82) is 0 Å². The quantitative estimate of drug-likeness (QED) is 0.195. The van der Waals surface area contributed by atoms with Crippen molar-refractivity contribution in [3.05, 3.63) is 0 Å². The molecule has 0 heterocycles. The van der Waals surface area contributed by atoms with Crippen molar-refractivity contribution in [3.8, 4) is 0 Å². The predicted octanol–water partition coefficient (Wildman–Crippen LogP) is 7.33. The van der Waals surface area contributed by atoms with Crippen LogP contribution >= 0.6 is 24.2 Å². The lowest BCUT2D eigenvalue weighted by Gasteiger charge is -2.11. The number of aliphatic hydroxyl groups is 1. The smallest absolute Gasteiger partial charge is 0.0630 e. The van der Waals surface area contributed by atoms with Gasteiger partial charge in [-0.15, -0.1) is 12.4 Å². The molecule has 1 atom stereocenters. The molecule has 0 aromatic rings. The van der Waals surface area contributed by atoms with Gasteiger partial charge in [0.25, 0.3) is 0 Å². The zero-order valence-electron chi connectivity index (χ0n) is 18.7. The average molecular weight is 424 g/mol. The molecule has 0 radical (unpaired) electrons. The van der Waals surface area contributed by atoms with Crippen molar-refractivity contribution < 1.29 is 5.11 Å². The highest BCUT2D eigenvalue weighted by atomic mass is 35.5. The fourth-order valence-electron chi connectivity index (χ4n) is 3.36. The topological polar surface area (TPSA) is 23.5 Å². The number of nitrogens with zero attached hydrogens (tertiary/aromatic N) is 1. The molecule has 0 amide bonds. The molecule has 0 fully saturated rings. The molecule has 0 aromatic carbocycles. The molecular formula is C23H50ClNOS. The van der Waals surface area contributed by atoms with E-state index in [0.29, 0.717) is 0 Å². The maximum absolute atomic E-state index is 10.0. The number of rotatable bonds is 21. The lowest BCUT2D eigenvalue weighted by molar-refractivity contribution is 0.185. The third-order valence-electron chi connectivity index (χ3n) is 5.10. The molecule has 0 aliphatic heterocycles. The second kappa shape index (κ2) is 24.6. The summed E-state index contributed by atoms with van der Waals surface area (Å²) in [6, 6.07) is 0. The van der Waals surface area contributed by atoms with Gasteiger partial charge in [0.2, 0.25) is 0 Å². The Morgan fingerprint density at radius 2 is 1.15 bits per heavy atom. The molecule has 0 saturated heterocycles. The fraction of sp³-hybridized carbons (Fsp3) is 1.00. The van der Waals surface area contributed by atoms with Crippen LogP contribution in [-0.4, -0.2) is 48.3 Å². The van der Waals surface area contributed by atoms with Gasteiger partial charge in [0.15, 0.2) is 0 Å². The summed E-state index contributed by atoms with van der Waals surface area (Å²) in [5, 5.41) is 10.0. The molecule has 1 unspecified atom stereocenters. The van der Waals surface area contributed by atoms with Gasteiger partial charge in [0, 0.05) is 5.75 Å². The SMILES string of the molecule is CCCCCCCCCCCCCCCCC(O)CSCCCN(C)C.Cl. The molecule has 2 nitrogen and oxygen atoms in total. The standard InChI is InChI=1S/C23H49NOS.ClH/c1-4-5-6-7-8-9-10-11-12-13-14-15-16-17-19-23(25)22-26-21-18-20-24(2)3;/h23,25H,4-22H2,1-3H3;1H. The van der Waals surface area contributed by atoms with E-state index in [4.69, 9.17) is 0 Å². The summed E-state index contributed by atoms with van der Waals surface area (Å²) in [4.78, 5) is 2.23. The van der Waals surface area contributed by atoms with Crippen molar-refractivity contribution in [2.75, 3.05) is 32.1 Å². The van der Waals surface area contributed by atoms with E-state index in [2.05, 4.69) is 25.9 Å². The van der Waals surface area contributed by atoms with E-state index in [9.17, 15) is 5.11 Å². The molecule has 1 N–H and O–H groups in total. The molecule has 166 valence electrons. The van der Waals surface area contributed by atoms with Crippen LogP contribution in [0.3, 0.4) is 0 Å². The minimum Gasteiger partial charge on any atom is -0.392 e. The Morgan fingerprint density at radius 1 is 0.704 bits per heavy atom. The second-order valence-electron chi connectivity index (χ2n) is 8.27. The van der Waals surface area contributed by atoms with Gasteiger partial charge in [-0.05, 0) is 39.2 Å². The predicted molar refractivity (Wildman–Crippen MR) is 129 cm³/mol. The normalized spacial score (nSPS) is 12.3. The van der Waals surface area contributed by atoms with Crippen molar-refractivity contribution in [2.24, 2.45) is 0 Å². The van der Waals surface area contributed by atoms with E-state index >= 15 is 0 Å². The van der Waals surface area contributed by atoms with Gasteiger partial charge in [-0.1, -0.05) is 96.8 Å². The Morgan fingerprint density at radius 3 is 1.59 bits per heavy atom. The van der Waals surface area contributed by atoms with Crippen LogP contribution < -0.4 is 0 Å². The van der Waals surface area contributed by atoms with E-state index in [1.807, 2.05) is 11.8 Å². The molecule has 4 heteroatoms. The molecule has 27 heavy (non-hydrogen) atoms. The van der Waals surface area contributed by atoms with Crippen LogP contribution in [0.1, 0.15) is 110 Å². The second-order valence-corrected chi connectivity index (χ2v) is 9.42. The number of halogens is 1. The summed E-state index contributed by atoms with van der Waals surface area (Å²) in [5.41, 5.74) is 0. The number of aliphatic hydroxyl groups excluding tert-OH is 1. The summed E-state index contributed by atoms with van der Waals surface area (Å²) in [7, 11) is 4.24. The Hall–Kier alpha value is 0.560. The zero-order valence-corrected chi connectivity index (χ0v) is 20.4. The van der Waals surface area contributed by atoms with Crippen LogP contribution in [0.25, 0.3) is 0 Å². The van der Waals surface area contributed by atoms with Gasteiger partial charge in [-0.3, -0.25) is 0 Å². The Bertz CT molecular complexity index is 267. The first kappa shape index (κ1) is 29.8. The average Bonchev–Trinajstić information content (AvgIpc) is 2.61. The maximum Gasteiger partial charge on any atom is 0.0630 e. The summed E-state index contributed by atoms with van der Waals surface area (Å²) in [6.07, 6.45) is 21.7. The molecule has 0 saturated carbocycles. The lowest BCUT2D eigenvalue weighted by Crippen LogP contribution is -2.14. The maximum atomic E-state index is 10.0. The first-order valence-corrected chi connectivity index (χ1v) is 12.7. The van der Waals surface area contributed by atoms with Crippen molar-refractivity contribution in [2.45, 2.75) is 116 Å². The van der Waals surface area contributed by atoms with Gasteiger partial charge in [0.1, 0.15) is 0 Å². The molecule has 0 aliphatic rings. The number of thioether (sulfide) groups is 1. The van der Waals surface area contributed by atoms with E-state index in [0.717, 1.165) is 18.7 Å². The lowest BCUT2D eigenvalue weighted by atomic mass is 10.0. The molecule has 0 rings (SSSR count). The summed E-state index contributed by atoms with van der Waals surface area (Å²) >= 11 is 1.91. The number of hydrogen-bond donors (Lipinski definition) is 1. The van der Waals surface area contributed by atoms with Gasteiger partial charge in [0.05, 0.1) is 6.10 Å². The third-order valence-corrected chi connectivity index (χ3v) is 6.29. The van der Waals surface area contributed by atoms with Crippen LogP contribution in [0.5, 0.6) is 0 Å². The van der Waals surface area contributed by atoms with E-state index in [1.165, 1.54) is 102 Å². The highest BCUT2D eigenvalue weighted by Gasteiger charge is 2.04. The minimum atomic E-state index is -0.0864. The summed E-state index contributed by atoms with van der Waals surface area (Å²) < 4.78 is 0. The van der Waals surface area contributed by atoms with Crippen LogP contribution in [0.2, 0.25) is 0 Å². The Kier molecular flexibility index (Phi) is 27.1. The van der Waals surface area contributed by atoms with Gasteiger partial charge < -0.3 is 10.0 Å². The molecule has 0 aliphatic carbocycles. The number of unbranched alkanes of at least 4 members (excludes halogenated alkanes) is 13. The van der Waals surface area contributed by atoms with E-state index < -0.39 is 0 Å². The number of hydrogen-bond acceptors (Lipinski definition) is 3. The van der Waals surface area contributed by atoms with Crippen molar-refractivity contribution >= 4 is 24.2 Å². The highest BCUT2D eigenvalue weighted by Crippen LogP contribution is 2.15. The molecule has 0 bridgehead atoms. The van der Waals surface area contributed by atoms with Gasteiger partial charge in [-0.25, -0.2) is 0 Å². The van der Waals surface area contributed by atoms with Crippen LogP contribution in [0.4, 0.5) is 0 Å². The van der Waals surface area contributed by atoms with E-state index in [1.54, 1.807) is 0 Å². The summed E-state index contributed by atoms with van der Waals surface area (Å²) in [5.74, 6) is 2.10. The highest BCUT2D eigenvalue weighted by molar-refractivity contribution is 7.99. The fourth-order valence-corrected chi connectivity index (χ4v) is 4.30. The van der Waals surface area contributed by atoms with E-state index in [-0.39, 0.29) is 18.5 Å².